The van der Waals surface area contributed by atoms with Crippen LogP contribution < -0.4 is 10.2 Å². The Morgan fingerprint density at radius 3 is 2.33 bits per heavy atom. The van der Waals surface area contributed by atoms with Gasteiger partial charge in [0.25, 0.3) is 0 Å². The summed E-state index contributed by atoms with van der Waals surface area (Å²) >= 11 is 5.73. The zero-order valence-electron chi connectivity index (χ0n) is 16.0. The predicted octanol–water partition coefficient (Wildman–Crippen LogP) is 5.19. The van der Waals surface area contributed by atoms with E-state index in [1.807, 2.05) is 53.6 Å². The van der Waals surface area contributed by atoms with E-state index in [0.717, 1.165) is 22.8 Å². The maximum Gasteiger partial charge on any atom is 0.174 e. The summed E-state index contributed by atoms with van der Waals surface area (Å²) in [5.74, 6) is -0.276. The molecule has 2 aromatic carbocycles. The molecular weight excluding hydrogens is 395 g/mol. The summed E-state index contributed by atoms with van der Waals surface area (Å²) in [4.78, 5) is 6.63. The van der Waals surface area contributed by atoms with Crippen molar-refractivity contribution in [3.05, 3.63) is 115 Å². The van der Waals surface area contributed by atoms with Crippen LogP contribution in [0, 0.1) is 5.82 Å². The Morgan fingerprint density at radius 1 is 0.833 bits per heavy atom. The quantitative estimate of drug-likeness (QED) is 0.466. The number of benzene rings is 2. The van der Waals surface area contributed by atoms with Crippen LogP contribution in [0.5, 0.6) is 0 Å². The number of pyridine rings is 1. The minimum Gasteiger partial charge on any atom is -0.351 e. The van der Waals surface area contributed by atoms with Gasteiger partial charge in [0.15, 0.2) is 5.11 Å². The Kier molecular flexibility index (Phi) is 4.77. The van der Waals surface area contributed by atoms with Crippen molar-refractivity contribution in [3.63, 3.8) is 0 Å². The number of para-hydroxylation sites is 1. The summed E-state index contributed by atoms with van der Waals surface area (Å²) in [7, 11) is 0. The molecule has 0 bridgehead atoms. The van der Waals surface area contributed by atoms with Crippen LogP contribution in [-0.2, 0) is 0 Å². The molecule has 5 rings (SSSR count). The van der Waals surface area contributed by atoms with Gasteiger partial charge in [-0.15, -0.1) is 0 Å². The molecule has 0 amide bonds. The molecular formula is C24H19FN4S. The average molecular weight is 415 g/mol. The van der Waals surface area contributed by atoms with E-state index >= 15 is 0 Å². The Balaban J connectivity index is 1.67. The number of rotatable bonds is 4. The number of nitrogens with zero attached hydrogens (tertiary/aromatic N) is 3. The van der Waals surface area contributed by atoms with Crippen molar-refractivity contribution in [1.29, 1.82) is 0 Å². The topological polar surface area (TPSA) is 33.1 Å². The minimum atomic E-state index is -0.276. The Bertz CT molecular complexity index is 1160. The van der Waals surface area contributed by atoms with Gasteiger partial charge in [0.1, 0.15) is 11.9 Å². The summed E-state index contributed by atoms with van der Waals surface area (Å²) in [6.45, 7) is 0. The molecule has 2 atom stereocenters. The summed E-state index contributed by atoms with van der Waals surface area (Å²) in [6, 6.07) is 26.3. The molecule has 1 fully saturated rings. The maximum atomic E-state index is 13.6. The van der Waals surface area contributed by atoms with E-state index in [1.165, 1.54) is 12.1 Å². The van der Waals surface area contributed by atoms with Gasteiger partial charge in [0, 0.05) is 29.5 Å². The fourth-order valence-corrected chi connectivity index (χ4v) is 4.34. The largest absolute Gasteiger partial charge is 0.351 e. The lowest BCUT2D eigenvalue weighted by Gasteiger charge is -2.29. The van der Waals surface area contributed by atoms with E-state index in [0.29, 0.717) is 5.11 Å². The van der Waals surface area contributed by atoms with Crippen LogP contribution in [0.2, 0.25) is 0 Å². The first-order valence-electron chi connectivity index (χ1n) is 9.71. The first-order valence-corrected chi connectivity index (χ1v) is 10.1. The van der Waals surface area contributed by atoms with Gasteiger partial charge < -0.3 is 14.8 Å². The van der Waals surface area contributed by atoms with Crippen LogP contribution in [0.25, 0.3) is 5.69 Å². The van der Waals surface area contributed by atoms with Gasteiger partial charge in [-0.1, -0.05) is 24.3 Å². The van der Waals surface area contributed by atoms with Crippen LogP contribution in [-0.4, -0.2) is 14.7 Å². The van der Waals surface area contributed by atoms with E-state index in [-0.39, 0.29) is 17.9 Å². The molecule has 1 aliphatic heterocycles. The van der Waals surface area contributed by atoms with Crippen molar-refractivity contribution in [2.24, 2.45) is 0 Å². The number of anilines is 1. The molecule has 0 spiro atoms. The molecule has 4 aromatic rings. The summed E-state index contributed by atoms with van der Waals surface area (Å²) in [5.41, 5.74) is 3.86. The maximum absolute atomic E-state index is 13.6. The molecule has 30 heavy (non-hydrogen) atoms. The highest BCUT2D eigenvalue weighted by atomic mass is 32.1. The van der Waals surface area contributed by atoms with Gasteiger partial charge in [0.2, 0.25) is 0 Å². The van der Waals surface area contributed by atoms with Crippen LogP contribution in [0.1, 0.15) is 23.5 Å². The summed E-state index contributed by atoms with van der Waals surface area (Å²) in [5, 5.41) is 4.02. The van der Waals surface area contributed by atoms with Gasteiger partial charge >= 0.3 is 0 Å². The molecule has 1 saturated heterocycles. The first-order chi connectivity index (χ1) is 14.7. The lowest BCUT2D eigenvalue weighted by molar-refractivity contribution is 0.549. The second-order valence-corrected chi connectivity index (χ2v) is 7.50. The Labute approximate surface area is 179 Å². The van der Waals surface area contributed by atoms with Crippen molar-refractivity contribution >= 4 is 23.0 Å². The van der Waals surface area contributed by atoms with E-state index in [4.69, 9.17) is 12.2 Å². The summed E-state index contributed by atoms with van der Waals surface area (Å²) < 4.78 is 15.7. The van der Waals surface area contributed by atoms with Crippen LogP contribution in [0.15, 0.2) is 97.3 Å². The third kappa shape index (κ3) is 3.25. The molecule has 1 N–H and O–H groups in total. The van der Waals surface area contributed by atoms with Crippen molar-refractivity contribution in [2.75, 3.05) is 4.90 Å². The molecule has 0 radical (unpaired) electrons. The smallest absolute Gasteiger partial charge is 0.174 e. The molecule has 6 heteroatoms. The molecule has 4 nitrogen and oxygen atoms in total. The van der Waals surface area contributed by atoms with Crippen LogP contribution in [0.4, 0.5) is 10.1 Å². The number of aromatic nitrogens is 2. The van der Waals surface area contributed by atoms with Gasteiger partial charge in [-0.05, 0) is 72.9 Å². The molecule has 148 valence electrons. The van der Waals surface area contributed by atoms with Crippen LogP contribution >= 0.6 is 12.2 Å². The number of thiocarbonyl (C=S) groups is 1. The first kappa shape index (κ1) is 18.5. The van der Waals surface area contributed by atoms with Crippen molar-refractivity contribution in [1.82, 2.24) is 14.9 Å². The van der Waals surface area contributed by atoms with E-state index < -0.39 is 0 Å². The normalized spacial score (nSPS) is 18.4. The van der Waals surface area contributed by atoms with Crippen molar-refractivity contribution < 1.29 is 4.39 Å². The monoisotopic (exact) mass is 414 g/mol. The molecule has 1 aliphatic rings. The highest BCUT2D eigenvalue weighted by Gasteiger charge is 2.42. The zero-order chi connectivity index (χ0) is 20.5. The lowest BCUT2D eigenvalue weighted by atomic mass is 10.0. The number of hydrogen-bond acceptors (Lipinski definition) is 2. The van der Waals surface area contributed by atoms with E-state index in [9.17, 15) is 4.39 Å². The average Bonchev–Trinajstić information content (AvgIpc) is 3.40. The Hall–Kier alpha value is -3.51. The van der Waals surface area contributed by atoms with E-state index in [2.05, 4.69) is 33.1 Å². The number of halogens is 1. The van der Waals surface area contributed by atoms with Gasteiger partial charge in [0.05, 0.1) is 11.7 Å². The molecule has 3 heterocycles. The molecule has 2 aromatic heterocycles. The van der Waals surface area contributed by atoms with Gasteiger partial charge in [-0.3, -0.25) is 4.98 Å². The molecule has 0 aliphatic carbocycles. The predicted molar refractivity (Wildman–Crippen MR) is 120 cm³/mol. The van der Waals surface area contributed by atoms with E-state index in [1.54, 1.807) is 18.3 Å². The Morgan fingerprint density at radius 2 is 1.60 bits per heavy atom. The highest BCUT2D eigenvalue weighted by molar-refractivity contribution is 7.80. The van der Waals surface area contributed by atoms with Gasteiger partial charge in [-0.2, -0.15) is 0 Å². The fraction of sp³-hybridized carbons (Fsp3) is 0.0833. The standard InChI is InChI=1S/C24H19FN4S/c25-17-11-13-19(14-12-17)29-23(22(27-24(29)30)20-9-4-5-15-26-20)21-10-6-16-28(21)18-7-2-1-3-8-18/h1-16,22-23H,(H,27,30)/t22-,23+/m0/s1. The third-order valence-corrected chi connectivity index (χ3v) is 5.64. The fourth-order valence-electron chi connectivity index (χ4n) is 3.99. The lowest BCUT2D eigenvalue weighted by Crippen LogP contribution is -2.30. The number of hydrogen-bond donors (Lipinski definition) is 1. The van der Waals surface area contributed by atoms with Crippen LogP contribution in [0.3, 0.4) is 0 Å². The minimum absolute atomic E-state index is 0.152. The van der Waals surface area contributed by atoms with Crippen molar-refractivity contribution in [2.45, 2.75) is 12.1 Å². The highest BCUT2D eigenvalue weighted by Crippen LogP contribution is 2.42. The van der Waals surface area contributed by atoms with Gasteiger partial charge in [-0.25, -0.2) is 4.39 Å². The van der Waals surface area contributed by atoms with Crippen molar-refractivity contribution in [3.8, 4) is 5.69 Å². The zero-order valence-corrected chi connectivity index (χ0v) is 16.8. The summed E-state index contributed by atoms with van der Waals surface area (Å²) in [6.07, 6.45) is 3.83. The third-order valence-electron chi connectivity index (χ3n) is 5.32. The second-order valence-electron chi connectivity index (χ2n) is 7.11. The second kappa shape index (κ2) is 7.72. The molecule has 0 unspecified atom stereocenters. The molecule has 0 saturated carbocycles. The SMILES string of the molecule is Fc1ccc(N2C(=S)N[C@@H](c3ccccn3)[C@H]2c2cccn2-c2ccccc2)cc1. The number of nitrogens with one attached hydrogen (secondary N) is 1.